The number of amides is 2. The number of hydrogen-bond acceptors (Lipinski definition) is 8. The molecule has 5 fully saturated rings. The van der Waals surface area contributed by atoms with Gasteiger partial charge in [-0.05, 0) is 63.1 Å². The summed E-state index contributed by atoms with van der Waals surface area (Å²) < 4.78 is 84.9. The highest BCUT2D eigenvalue weighted by Crippen LogP contribution is 2.55. The number of fused-ring (bicyclic) bond motifs is 3. The third-order valence-electron chi connectivity index (χ3n) is 9.02. The second-order valence-corrected chi connectivity index (χ2v) is 14.8. The van der Waals surface area contributed by atoms with Gasteiger partial charge in [0.1, 0.15) is 12.2 Å². The predicted octanol–water partition coefficient (Wildman–Crippen LogP) is 3.35. The molecule has 238 valence electrons. The van der Waals surface area contributed by atoms with Gasteiger partial charge in [0.15, 0.2) is 39.2 Å². The van der Waals surface area contributed by atoms with Crippen molar-refractivity contribution in [1.29, 1.82) is 0 Å². The molecule has 2 saturated heterocycles. The second-order valence-electron chi connectivity index (χ2n) is 12.2. The first-order valence-electron chi connectivity index (χ1n) is 14.1. The van der Waals surface area contributed by atoms with Gasteiger partial charge in [-0.1, -0.05) is 11.6 Å². The largest absolute Gasteiger partial charge is 0.387 e. The van der Waals surface area contributed by atoms with E-state index < -0.39 is 79.8 Å². The number of carbonyl (C=O) groups excluding carboxylic acids is 2. The van der Waals surface area contributed by atoms with Crippen molar-refractivity contribution in [2.45, 2.75) is 73.0 Å². The average molecular weight is 659 g/mol. The van der Waals surface area contributed by atoms with E-state index in [1.54, 1.807) is 13.8 Å². The van der Waals surface area contributed by atoms with Gasteiger partial charge in [-0.2, -0.15) is 0 Å². The Morgan fingerprint density at radius 3 is 2.36 bits per heavy atom. The Hall–Kier alpha value is -2.75. The molecule has 2 unspecified atom stereocenters. The molecular weight excluding hydrogens is 629 g/mol. The molecule has 2 amide bonds. The van der Waals surface area contributed by atoms with Crippen molar-refractivity contribution in [1.82, 2.24) is 5.32 Å². The van der Waals surface area contributed by atoms with Crippen LogP contribution in [0.5, 0.6) is 0 Å². The molecule has 10 nitrogen and oxygen atoms in total. The minimum absolute atomic E-state index is 0.0869. The Morgan fingerprint density at radius 2 is 1.70 bits per heavy atom. The first-order valence-corrected chi connectivity index (χ1v) is 16.0. The van der Waals surface area contributed by atoms with E-state index in [9.17, 15) is 36.3 Å². The summed E-state index contributed by atoms with van der Waals surface area (Å²) in [6.07, 6.45) is -1.07. The van der Waals surface area contributed by atoms with Gasteiger partial charge in [0.05, 0.1) is 27.4 Å². The Kier molecular flexibility index (Phi) is 7.78. The summed E-state index contributed by atoms with van der Waals surface area (Å²) in [5.41, 5.74) is -1.83. The zero-order valence-corrected chi connectivity index (χ0v) is 25.2. The minimum Gasteiger partial charge on any atom is -0.387 e. The summed E-state index contributed by atoms with van der Waals surface area (Å²) >= 11 is 6.25. The van der Waals surface area contributed by atoms with Crippen LogP contribution in [0.25, 0.3) is 0 Å². The Morgan fingerprint density at radius 1 is 1.05 bits per heavy atom. The fourth-order valence-corrected chi connectivity index (χ4v) is 9.17. The normalized spacial score (nSPS) is 32.1. The highest BCUT2D eigenvalue weighted by atomic mass is 35.5. The van der Waals surface area contributed by atoms with Gasteiger partial charge in [-0.25, -0.2) is 21.6 Å². The lowest BCUT2D eigenvalue weighted by Gasteiger charge is -2.58. The van der Waals surface area contributed by atoms with Crippen molar-refractivity contribution >= 4 is 38.9 Å². The lowest BCUT2D eigenvalue weighted by Crippen LogP contribution is -2.66. The number of nitrogens with one attached hydrogen (secondary N) is 2. The van der Waals surface area contributed by atoms with Crippen molar-refractivity contribution in [3.63, 3.8) is 0 Å². The lowest BCUT2D eigenvalue weighted by atomic mass is 9.53. The standard InChI is InChI=1S/C29H30ClF3N2O8S/c1-28(2)42-21-11-41-25(24(21)43-28)27(37)34-12-29(38)14-6-15(29)8-17(7-14)44(39,40)22-5-13(3-4-18(22)30)26(36)35-16-9-19(31)23(33)20(32)10-16/h3-5,9-10,14-15,17,21,24-25,38H,6-8,11-12H2,1-2H3,(H,34,37)(H,35,36)/t14?,15?,17-,21-,24-,25-,29-/m0/s1. The molecule has 2 aromatic carbocycles. The van der Waals surface area contributed by atoms with Gasteiger partial charge in [0.2, 0.25) is 0 Å². The molecule has 3 N–H and O–H groups in total. The van der Waals surface area contributed by atoms with E-state index in [0.29, 0.717) is 18.6 Å². The first kappa shape index (κ1) is 31.2. The number of carbonyl (C=O) groups is 2. The topological polar surface area (TPSA) is 140 Å². The zero-order valence-electron chi connectivity index (χ0n) is 23.6. The van der Waals surface area contributed by atoms with Gasteiger partial charge in [0.25, 0.3) is 11.8 Å². The molecule has 5 aliphatic rings. The Labute approximate surface area is 256 Å². The maximum absolute atomic E-state index is 13.7. The quantitative estimate of drug-likeness (QED) is 0.385. The fraction of sp³-hybridized carbons (Fsp3) is 0.517. The van der Waals surface area contributed by atoms with Crippen LogP contribution in [0.2, 0.25) is 5.02 Å². The number of anilines is 1. The highest BCUT2D eigenvalue weighted by molar-refractivity contribution is 7.92. The molecule has 0 aromatic heterocycles. The van der Waals surface area contributed by atoms with Crippen LogP contribution in [0, 0.1) is 29.3 Å². The second kappa shape index (κ2) is 11.0. The van der Waals surface area contributed by atoms with E-state index in [2.05, 4.69) is 10.6 Å². The molecule has 15 heteroatoms. The molecule has 2 aliphatic heterocycles. The van der Waals surface area contributed by atoms with E-state index >= 15 is 0 Å². The number of benzene rings is 2. The molecular formula is C29H30ClF3N2O8S. The SMILES string of the molecule is CC1(C)O[C@H]2[C@H](CO[C@@H]2C(=O)NC[C@]2(O)C3CC2C[C@@H](S(=O)(=O)c2cc(C(=O)Nc4cc(F)c(F)c(F)c4)ccc2Cl)C3)O1. The molecule has 2 heterocycles. The summed E-state index contributed by atoms with van der Waals surface area (Å²) in [7, 11) is -4.09. The molecule has 44 heavy (non-hydrogen) atoms. The number of hydrogen-bond donors (Lipinski definition) is 3. The van der Waals surface area contributed by atoms with E-state index in [1.807, 2.05) is 0 Å². The number of rotatable bonds is 7. The third kappa shape index (κ3) is 5.39. The van der Waals surface area contributed by atoms with Crippen LogP contribution in [0.4, 0.5) is 18.9 Å². The van der Waals surface area contributed by atoms with Crippen LogP contribution in [-0.4, -0.2) is 73.4 Å². The van der Waals surface area contributed by atoms with E-state index in [0.717, 1.165) is 6.07 Å². The average Bonchev–Trinajstić information content (AvgIpc) is 3.49. The van der Waals surface area contributed by atoms with Gasteiger partial charge < -0.3 is 30.0 Å². The van der Waals surface area contributed by atoms with Gasteiger partial charge in [0, 0.05) is 29.9 Å². The van der Waals surface area contributed by atoms with Crippen LogP contribution in [0.3, 0.4) is 0 Å². The van der Waals surface area contributed by atoms with E-state index in [-0.39, 0.29) is 53.3 Å². The third-order valence-corrected chi connectivity index (χ3v) is 11.7. The minimum atomic E-state index is -4.09. The van der Waals surface area contributed by atoms with Crippen molar-refractivity contribution in [3.8, 4) is 0 Å². The summed E-state index contributed by atoms with van der Waals surface area (Å²) in [5, 5.41) is 15.3. The van der Waals surface area contributed by atoms with Crippen LogP contribution >= 0.6 is 11.6 Å². The maximum atomic E-state index is 13.7. The molecule has 0 radical (unpaired) electrons. The van der Waals surface area contributed by atoms with Gasteiger partial charge in [-0.15, -0.1) is 0 Å². The molecule has 7 rings (SSSR count). The number of sulfone groups is 1. The van der Waals surface area contributed by atoms with Crippen molar-refractivity contribution < 1.29 is 50.5 Å². The fourth-order valence-electron chi connectivity index (χ4n) is 6.77. The van der Waals surface area contributed by atoms with Crippen molar-refractivity contribution in [3.05, 3.63) is 58.4 Å². The van der Waals surface area contributed by atoms with Crippen LogP contribution in [0.15, 0.2) is 35.2 Å². The van der Waals surface area contributed by atoms with Crippen LogP contribution in [-0.2, 0) is 28.8 Å². The smallest absolute Gasteiger partial charge is 0.255 e. The van der Waals surface area contributed by atoms with E-state index in [4.69, 9.17) is 25.8 Å². The van der Waals surface area contributed by atoms with E-state index in [1.165, 1.54) is 12.1 Å². The number of halogens is 4. The Balaban J connectivity index is 1.11. The molecule has 5 atom stereocenters. The molecule has 0 spiro atoms. The summed E-state index contributed by atoms with van der Waals surface area (Å²) in [4.78, 5) is 25.4. The van der Waals surface area contributed by atoms with Gasteiger partial charge >= 0.3 is 0 Å². The van der Waals surface area contributed by atoms with Crippen LogP contribution in [0.1, 0.15) is 43.5 Å². The molecule has 2 bridgehead atoms. The van der Waals surface area contributed by atoms with Crippen molar-refractivity contribution in [2.75, 3.05) is 18.5 Å². The molecule has 3 aliphatic carbocycles. The number of ether oxygens (including phenoxy) is 3. The molecule has 3 saturated carbocycles. The van der Waals surface area contributed by atoms with Crippen molar-refractivity contribution in [2.24, 2.45) is 11.8 Å². The Bertz CT molecular complexity index is 1610. The summed E-state index contributed by atoms with van der Waals surface area (Å²) in [6, 6.07) is 4.72. The predicted molar refractivity (Wildman–Crippen MR) is 149 cm³/mol. The summed E-state index contributed by atoms with van der Waals surface area (Å²) in [5.74, 6) is -7.72. The van der Waals surface area contributed by atoms with Crippen LogP contribution < -0.4 is 10.6 Å². The monoisotopic (exact) mass is 658 g/mol. The van der Waals surface area contributed by atoms with Gasteiger partial charge in [-0.3, -0.25) is 9.59 Å². The number of aliphatic hydroxyl groups is 1. The summed E-state index contributed by atoms with van der Waals surface area (Å²) in [6.45, 7) is 3.62. The maximum Gasteiger partial charge on any atom is 0.255 e. The zero-order chi connectivity index (χ0) is 31.8. The highest BCUT2D eigenvalue weighted by Gasteiger charge is 2.60. The lowest BCUT2D eigenvalue weighted by molar-refractivity contribution is -0.184. The molecule has 2 aromatic rings. The first-order chi connectivity index (χ1) is 20.6.